The molecule has 9 heavy (non-hydrogen) atoms. The number of methoxy groups -OCH3 is 1. The summed E-state index contributed by atoms with van der Waals surface area (Å²) in [6.45, 7) is 2.05. The van der Waals surface area contributed by atoms with Crippen molar-refractivity contribution in [3.05, 3.63) is 12.0 Å². The fourth-order valence-corrected chi connectivity index (χ4v) is 0.738. The molecule has 1 N–H and O–H groups in total. The molecule has 0 aliphatic heterocycles. The van der Waals surface area contributed by atoms with Crippen molar-refractivity contribution in [3.63, 3.8) is 0 Å². The molecule has 0 bridgehead atoms. The average molecular weight is 126 g/mol. The highest BCUT2D eigenvalue weighted by Gasteiger charge is 1.99. The van der Waals surface area contributed by atoms with Gasteiger partial charge in [0.25, 0.3) is 0 Å². The van der Waals surface area contributed by atoms with Gasteiger partial charge in [-0.1, -0.05) is 6.92 Å². The van der Waals surface area contributed by atoms with Crippen LogP contribution in [0.2, 0.25) is 0 Å². The van der Waals surface area contributed by atoms with E-state index < -0.39 is 0 Å². The first kappa shape index (κ1) is 6.13. The van der Waals surface area contributed by atoms with Crippen LogP contribution < -0.4 is 4.74 Å². The van der Waals surface area contributed by atoms with Crippen molar-refractivity contribution in [2.75, 3.05) is 7.11 Å². The van der Waals surface area contributed by atoms with E-state index in [1.54, 1.807) is 13.4 Å². The summed E-state index contributed by atoms with van der Waals surface area (Å²) < 4.78 is 4.93. The highest BCUT2D eigenvalue weighted by Crippen LogP contribution is 2.10. The minimum Gasteiger partial charge on any atom is -0.480 e. The number of nitrogens with zero attached hydrogens (tertiary/aromatic N) is 1. The third-order valence-corrected chi connectivity index (χ3v) is 1.23. The van der Waals surface area contributed by atoms with E-state index >= 15 is 0 Å². The molecule has 0 unspecified atom stereocenters. The molecular weight excluding hydrogens is 116 g/mol. The number of rotatable bonds is 2. The molecule has 1 rings (SSSR count). The van der Waals surface area contributed by atoms with Gasteiger partial charge in [-0.3, -0.25) is 0 Å². The predicted octanol–water partition coefficient (Wildman–Crippen LogP) is 0.981. The first-order chi connectivity index (χ1) is 4.38. The zero-order valence-electron chi connectivity index (χ0n) is 5.64. The standard InChI is InChI=1S/C6H10N2O/c1-3-5-6(9-2)8-4-7-5/h4H,3H2,1-2H3,(H,7,8). The van der Waals surface area contributed by atoms with Crippen LogP contribution in [-0.2, 0) is 6.42 Å². The fraction of sp³-hybridized carbons (Fsp3) is 0.500. The number of H-pyrrole nitrogens is 1. The van der Waals surface area contributed by atoms with Crippen LogP contribution in [0, 0.1) is 0 Å². The number of hydrogen-bond acceptors (Lipinski definition) is 2. The highest BCUT2D eigenvalue weighted by molar-refractivity contribution is 5.16. The second kappa shape index (κ2) is 2.53. The van der Waals surface area contributed by atoms with E-state index in [2.05, 4.69) is 16.9 Å². The summed E-state index contributed by atoms with van der Waals surface area (Å²) >= 11 is 0. The van der Waals surface area contributed by atoms with Crippen molar-refractivity contribution in [2.45, 2.75) is 13.3 Å². The Labute approximate surface area is 54.1 Å². The summed E-state index contributed by atoms with van der Waals surface area (Å²) in [5, 5.41) is 0. The average Bonchev–Trinajstić information content (AvgIpc) is 2.33. The van der Waals surface area contributed by atoms with Crippen molar-refractivity contribution in [2.24, 2.45) is 0 Å². The molecule has 1 aromatic rings. The first-order valence-electron chi connectivity index (χ1n) is 2.94. The number of aryl methyl sites for hydroxylation is 1. The summed E-state index contributed by atoms with van der Waals surface area (Å²) in [6, 6.07) is 0. The molecule has 0 amide bonds. The smallest absolute Gasteiger partial charge is 0.234 e. The van der Waals surface area contributed by atoms with E-state index in [0.29, 0.717) is 5.88 Å². The molecule has 50 valence electrons. The maximum absolute atomic E-state index is 4.93. The second-order valence-electron chi connectivity index (χ2n) is 1.74. The van der Waals surface area contributed by atoms with Crippen LogP contribution in [-0.4, -0.2) is 17.1 Å². The predicted molar refractivity (Wildman–Crippen MR) is 34.5 cm³/mol. The monoisotopic (exact) mass is 126 g/mol. The summed E-state index contributed by atoms with van der Waals surface area (Å²) in [4.78, 5) is 6.90. The van der Waals surface area contributed by atoms with Gasteiger partial charge >= 0.3 is 0 Å². The van der Waals surface area contributed by atoms with Crippen molar-refractivity contribution in [3.8, 4) is 5.88 Å². The van der Waals surface area contributed by atoms with Gasteiger partial charge in [0.15, 0.2) is 0 Å². The topological polar surface area (TPSA) is 37.9 Å². The molecule has 1 aromatic heterocycles. The van der Waals surface area contributed by atoms with E-state index in [1.807, 2.05) is 0 Å². The molecule has 0 aliphatic carbocycles. The number of ether oxygens (including phenoxy) is 1. The van der Waals surface area contributed by atoms with Gasteiger partial charge in [0.05, 0.1) is 19.1 Å². The van der Waals surface area contributed by atoms with Gasteiger partial charge in [0.2, 0.25) is 5.88 Å². The largest absolute Gasteiger partial charge is 0.480 e. The van der Waals surface area contributed by atoms with Gasteiger partial charge in [-0.15, -0.1) is 0 Å². The van der Waals surface area contributed by atoms with Crippen LogP contribution in [0.4, 0.5) is 0 Å². The maximum atomic E-state index is 4.93. The molecule has 3 heteroatoms. The quantitative estimate of drug-likeness (QED) is 0.641. The molecule has 0 atom stereocenters. The van der Waals surface area contributed by atoms with Crippen molar-refractivity contribution >= 4 is 0 Å². The summed E-state index contributed by atoms with van der Waals surface area (Å²) in [5.41, 5.74) is 1.05. The van der Waals surface area contributed by atoms with Gasteiger partial charge in [0.1, 0.15) is 0 Å². The normalized spacial score (nSPS) is 9.56. The summed E-state index contributed by atoms with van der Waals surface area (Å²) in [5.74, 6) is 0.706. The first-order valence-corrected chi connectivity index (χ1v) is 2.94. The Balaban J connectivity index is 2.85. The zero-order chi connectivity index (χ0) is 6.69. The Hall–Kier alpha value is -0.990. The van der Waals surface area contributed by atoms with Crippen LogP contribution in [0.1, 0.15) is 12.6 Å². The lowest BCUT2D eigenvalue weighted by atomic mass is 10.4. The second-order valence-corrected chi connectivity index (χ2v) is 1.74. The molecule has 0 aliphatic rings. The Kier molecular flexibility index (Phi) is 1.72. The van der Waals surface area contributed by atoms with Crippen LogP contribution in [0.5, 0.6) is 5.88 Å². The van der Waals surface area contributed by atoms with Gasteiger partial charge in [-0.05, 0) is 6.42 Å². The SMILES string of the molecule is CCc1[nH]cnc1OC. The van der Waals surface area contributed by atoms with E-state index in [-0.39, 0.29) is 0 Å². The Morgan fingerprint density at radius 2 is 2.56 bits per heavy atom. The zero-order valence-corrected chi connectivity index (χ0v) is 5.64. The Bertz CT molecular complexity index is 164. The van der Waals surface area contributed by atoms with E-state index in [0.717, 1.165) is 12.1 Å². The van der Waals surface area contributed by atoms with Gasteiger partial charge in [0, 0.05) is 0 Å². The molecule has 0 saturated carbocycles. The lowest BCUT2D eigenvalue weighted by Gasteiger charge is -1.94. The molecule has 1 heterocycles. The number of aromatic amines is 1. The molecule has 0 saturated heterocycles. The van der Waals surface area contributed by atoms with Crippen molar-refractivity contribution < 1.29 is 4.74 Å². The fourth-order valence-electron chi connectivity index (χ4n) is 0.738. The maximum Gasteiger partial charge on any atom is 0.234 e. The van der Waals surface area contributed by atoms with Gasteiger partial charge in [-0.25, -0.2) is 4.98 Å². The molecule has 0 radical (unpaired) electrons. The summed E-state index contributed by atoms with van der Waals surface area (Å²) in [7, 11) is 1.62. The lowest BCUT2D eigenvalue weighted by molar-refractivity contribution is 0.395. The Morgan fingerprint density at radius 1 is 1.78 bits per heavy atom. The van der Waals surface area contributed by atoms with Crippen molar-refractivity contribution in [1.82, 2.24) is 9.97 Å². The molecule has 3 nitrogen and oxygen atoms in total. The minimum absolute atomic E-state index is 0.706. The van der Waals surface area contributed by atoms with Gasteiger partial charge in [-0.2, -0.15) is 0 Å². The van der Waals surface area contributed by atoms with E-state index in [4.69, 9.17) is 4.74 Å². The third-order valence-electron chi connectivity index (χ3n) is 1.23. The molecule has 0 spiro atoms. The number of hydrogen-bond donors (Lipinski definition) is 1. The molecular formula is C6H10N2O. The van der Waals surface area contributed by atoms with E-state index in [1.165, 1.54) is 0 Å². The molecule has 0 aromatic carbocycles. The summed E-state index contributed by atoms with van der Waals surface area (Å²) in [6.07, 6.45) is 2.57. The highest BCUT2D eigenvalue weighted by atomic mass is 16.5. The minimum atomic E-state index is 0.706. The van der Waals surface area contributed by atoms with Crippen LogP contribution in [0.25, 0.3) is 0 Å². The van der Waals surface area contributed by atoms with Crippen LogP contribution in [0.3, 0.4) is 0 Å². The third kappa shape index (κ3) is 1.04. The van der Waals surface area contributed by atoms with Crippen molar-refractivity contribution in [1.29, 1.82) is 0 Å². The van der Waals surface area contributed by atoms with Gasteiger partial charge < -0.3 is 9.72 Å². The van der Waals surface area contributed by atoms with Crippen LogP contribution in [0.15, 0.2) is 6.33 Å². The van der Waals surface area contributed by atoms with E-state index in [9.17, 15) is 0 Å². The lowest BCUT2D eigenvalue weighted by Crippen LogP contribution is -1.87. The van der Waals surface area contributed by atoms with Crippen LogP contribution >= 0.6 is 0 Å². The number of imidazole rings is 1. The Morgan fingerprint density at radius 3 is 3.00 bits per heavy atom. The molecule has 0 fully saturated rings. The number of nitrogens with one attached hydrogen (secondary N) is 1. The number of aromatic nitrogens is 2.